The first-order chi connectivity index (χ1) is 10.1. The van der Waals surface area contributed by atoms with E-state index in [1.165, 1.54) is 35.0 Å². The summed E-state index contributed by atoms with van der Waals surface area (Å²) in [7, 11) is 0. The molecule has 1 aromatic heterocycles. The van der Waals surface area contributed by atoms with Crippen molar-refractivity contribution in [3.63, 3.8) is 0 Å². The Labute approximate surface area is 119 Å². The van der Waals surface area contributed by atoms with Gasteiger partial charge in [-0.2, -0.15) is 4.68 Å². The van der Waals surface area contributed by atoms with Crippen LogP contribution in [0.15, 0.2) is 36.4 Å². The maximum atomic E-state index is 14.0. The fourth-order valence-electron chi connectivity index (χ4n) is 2.04. The predicted molar refractivity (Wildman–Crippen MR) is 73.7 cm³/mol. The van der Waals surface area contributed by atoms with Crippen molar-refractivity contribution in [3.8, 4) is 17.1 Å². The number of nitrogens with zero attached hydrogens (tertiary/aromatic N) is 4. The molecule has 0 aliphatic rings. The van der Waals surface area contributed by atoms with E-state index in [0.29, 0.717) is 11.4 Å². The first-order valence-corrected chi connectivity index (χ1v) is 6.16. The lowest BCUT2D eigenvalue weighted by molar-refractivity contribution is 0.623. The van der Waals surface area contributed by atoms with E-state index in [4.69, 9.17) is 5.73 Å². The zero-order valence-corrected chi connectivity index (χ0v) is 11.1. The van der Waals surface area contributed by atoms with Crippen LogP contribution in [0.5, 0.6) is 0 Å². The summed E-state index contributed by atoms with van der Waals surface area (Å²) in [6.45, 7) is 1.79. The largest absolute Gasteiger partial charge is 0.399 e. The van der Waals surface area contributed by atoms with Gasteiger partial charge in [0.2, 0.25) is 0 Å². The Morgan fingerprint density at radius 1 is 1.10 bits per heavy atom. The molecule has 106 valence electrons. The molecule has 0 radical (unpaired) electrons. The lowest BCUT2D eigenvalue weighted by atomic mass is 10.1. The summed E-state index contributed by atoms with van der Waals surface area (Å²) in [6.07, 6.45) is 0. The van der Waals surface area contributed by atoms with Gasteiger partial charge in [-0.3, -0.25) is 0 Å². The standard InChI is InChI=1S/C14H11F2N5/c1-8-2-3-9(15)6-13(8)21-14(18-19-20-21)11-7-10(17)4-5-12(11)16/h2-7H,17H2,1H3. The number of halogens is 2. The van der Waals surface area contributed by atoms with Gasteiger partial charge in [0.25, 0.3) is 0 Å². The highest BCUT2D eigenvalue weighted by atomic mass is 19.1. The highest BCUT2D eigenvalue weighted by molar-refractivity contribution is 5.63. The monoisotopic (exact) mass is 287 g/mol. The van der Waals surface area contributed by atoms with E-state index in [0.717, 1.165) is 5.56 Å². The summed E-state index contributed by atoms with van der Waals surface area (Å²) < 4.78 is 28.7. The van der Waals surface area contributed by atoms with Crippen molar-refractivity contribution in [3.05, 3.63) is 53.6 Å². The molecule has 0 aliphatic heterocycles. The third-order valence-corrected chi connectivity index (χ3v) is 3.10. The Hall–Kier alpha value is -2.83. The van der Waals surface area contributed by atoms with Crippen LogP contribution in [0.1, 0.15) is 5.56 Å². The Bertz CT molecular complexity index is 747. The molecule has 0 saturated heterocycles. The van der Waals surface area contributed by atoms with Crippen molar-refractivity contribution in [2.45, 2.75) is 6.92 Å². The molecule has 2 aromatic carbocycles. The van der Waals surface area contributed by atoms with Crippen LogP contribution in [0, 0.1) is 18.6 Å². The van der Waals surface area contributed by atoms with Crippen LogP contribution in [-0.2, 0) is 0 Å². The Morgan fingerprint density at radius 2 is 1.90 bits per heavy atom. The molecule has 0 spiro atoms. The first-order valence-electron chi connectivity index (χ1n) is 6.16. The van der Waals surface area contributed by atoms with E-state index in [-0.39, 0.29) is 11.4 Å². The molecule has 7 heteroatoms. The number of hydrogen-bond donors (Lipinski definition) is 1. The number of rotatable bonds is 2. The first kappa shape index (κ1) is 13.2. The smallest absolute Gasteiger partial charge is 0.190 e. The van der Waals surface area contributed by atoms with Gasteiger partial charge in [0.05, 0.1) is 11.3 Å². The molecular weight excluding hydrogens is 276 g/mol. The molecule has 0 aliphatic carbocycles. The highest BCUT2D eigenvalue weighted by Crippen LogP contribution is 2.26. The molecule has 3 aromatic rings. The molecule has 5 nitrogen and oxygen atoms in total. The van der Waals surface area contributed by atoms with Crippen molar-refractivity contribution in [2.75, 3.05) is 5.73 Å². The third-order valence-electron chi connectivity index (χ3n) is 3.10. The van der Waals surface area contributed by atoms with Gasteiger partial charge in [0, 0.05) is 5.69 Å². The number of nitrogens with two attached hydrogens (primary N) is 1. The second kappa shape index (κ2) is 4.93. The fraction of sp³-hybridized carbons (Fsp3) is 0.0714. The van der Waals surface area contributed by atoms with Crippen LogP contribution in [0.4, 0.5) is 14.5 Å². The molecule has 1 heterocycles. The Morgan fingerprint density at radius 3 is 2.71 bits per heavy atom. The number of benzene rings is 2. The van der Waals surface area contributed by atoms with Gasteiger partial charge in [-0.15, -0.1) is 5.10 Å². The van der Waals surface area contributed by atoms with Crippen molar-refractivity contribution in [2.24, 2.45) is 0 Å². The van der Waals surface area contributed by atoms with Crippen molar-refractivity contribution >= 4 is 5.69 Å². The van der Waals surface area contributed by atoms with E-state index >= 15 is 0 Å². The molecule has 0 atom stereocenters. The molecular formula is C14H11F2N5. The van der Waals surface area contributed by atoms with E-state index in [9.17, 15) is 8.78 Å². The number of anilines is 1. The lowest BCUT2D eigenvalue weighted by Crippen LogP contribution is -2.04. The number of hydrogen-bond acceptors (Lipinski definition) is 4. The quantitative estimate of drug-likeness (QED) is 0.735. The molecule has 21 heavy (non-hydrogen) atoms. The predicted octanol–water partition coefficient (Wildman–Crippen LogP) is 2.50. The molecule has 0 amide bonds. The van der Waals surface area contributed by atoms with Crippen LogP contribution in [0.3, 0.4) is 0 Å². The van der Waals surface area contributed by atoms with Crippen LogP contribution in [0.25, 0.3) is 17.1 Å². The summed E-state index contributed by atoms with van der Waals surface area (Å²) in [5.41, 5.74) is 7.41. The van der Waals surface area contributed by atoms with Crippen LogP contribution in [0.2, 0.25) is 0 Å². The topological polar surface area (TPSA) is 69.6 Å². The Balaban J connectivity index is 2.22. The van der Waals surface area contributed by atoms with Crippen LogP contribution in [-0.4, -0.2) is 20.2 Å². The van der Waals surface area contributed by atoms with Gasteiger partial charge in [-0.1, -0.05) is 6.07 Å². The highest BCUT2D eigenvalue weighted by Gasteiger charge is 2.16. The molecule has 3 rings (SSSR count). The van der Waals surface area contributed by atoms with E-state index in [1.54, 1.807) is 13.0 Å². The maximum Gasteiger partial charge on any atom is 0.190 e. The summed E-state index contributed by atoms with van der Waals surface area (Å²) >= 11 is 0. The number of aromatic nitrogens is 4. The van der Waals surface area contributed by atoms with Crippen molar-refractivity contribution in [1.82, 2.24) is 20.2 Å². The van der Waals surface area contributed by atoms with E-state index in [2.05, 4.69) is 15.5 Å². The summed E-state index contributed by atoms with van der Waals surface area (Å²) in [6, 6.07) is 8.35. The molecule has 0 saturated carbocycles. The zero-order chi connectivity index (χ0) is 15.0. The normalized spacial score (nSPS) is 10.8. The van der Waals surface area contributed by atoms with Crippen molar-refractivity contribution in [1.29, 1.82) is 0 Å². The fourth-order valence-corrected chi connectivity index (χ4v) is 2.04. The minimum atomic E-state index is -0.505. The summed E-state index contributed by atoms with van der Waals surface area (Å²) in [4.78, 5) is 0. The van der Waals surface area contributed by atoms with Crippen molar-refractivity contribution < 1.29 is 8.78 Å². The molecule has 0 bridgehead atoms. The molecule has 2 N–H and O–H groups in total. The van der Waals surface area contributed by atoms with Crippen LogP contribution < -0.4 is 5.73 Å². The van der Waals surface area contributed by atoms with Gasteiger partial charge in [0.15, 0.2) is 5.82 Å². The van der Waals surface area contributed by atoms with Gasteiger partial charge >= 0.3 is 0 Å². The minimum absolute atomic E-state index is 0.156. The van der Waals surface area contributed by atoms with E-state index < -0.39 is 11.6 Å². The third kappa shape index (κ3) is 2.33. The van der Waals surface area contributed by atoms with Crippen LogP contribution >= 0.6 is 0 Å². The Kier molecular flexibility index (Phi) is 3.09. The number of tetrazole rings is 1. The average molecular weight is 287 g/mol. The second-order valence-corrected chi connectivity index (χ2v) is 4.58. The van der Waals surface area contributed by atoms with Gasteiger partial charge in [-0.25, -0.2) is 8.78 Å². The van der Waals surface area contributed by atoms with Gasteiger partial charge < -0.3 is 5.73 Å². The van der Waals surface area contributed by atoms with Gasteiger partial charge in [-0.05, 0) is 53.2 Å². The minimum Gasteiger partial charge on any atom is -0.399 e. The summed E-state index contributed by atoms with van der Waals surface area (Å²) in [5, 5.41) is 11.2. The number of nitrogen functional groups attached to an aromatic ring is 1. The number of aryl methyl sites for hydroxylation is 1. The SMILES string of the molecule is Cc1ccc(F)cc1-n1nnnc1-c1cc(N)ccc1F. The average Bonchev–Trinajstić information content (AvgIpc) is 2.93. The maximum absolute atomic E-state index is 14.0. The van der Waals surface area contributed by atoms with E-state index in [1.807, 2.05) is 0 Å². The van der Waals surface area contributed by atoms with Gasteiger partial charge in [0.1, 0.15) is 11.6 Å². The second-order valence-electron chi connectivity index (χ2n) is 4.58. The summed E-state index contributed by atoms with van der Waals surface area (Å²) in [5.74, 6) is -0.770. The molecule has 0 fully saturated rings. The molecule has 0 unspecified atom stereocenters. The lowest BCUT2D eigenvalue weighted by Gasteiger charge is -2.09. The zero-order valence-electron chi connectivity index (χ0n) is 11.1.